The maximum absolute atomic E-state index is 11.4. The lowest BCUT2D eigenvalue weighted by Crippen LogP contribution is -2.37. The Labute approximate surface area is 139 Å². The molecule has 2 aromatic carbocycles. The van der Waals surface area contributed by atoms with E-state index in [0.29, 0.717) is 6.54 Å². The van der Waals surface area contributed by atoms with Gasteiger partial charge in [-0.15, -0.1) is 0 Å². The first-order chi connectivity index (χ1) is 11.5. The largest absolute Gasteiger partial charge is 0.384 e. The summed E-state index contributed by atoms with van der Waals surface area (Å²) in [4.78, 5) is 16.9. The van der Waals surface area contributed by atoms with E-state index in [4.69, 9.17) is 0 Å². The molecule has 24 heavy (non-hydrogen) atoms. The van der Waals surface area contributed by atoms with E-state index >= 15 is 0 Å². The molecular formula is C19H21N3O2. The van der Waals surface area contributed by atoms with Gasteiger partial charge in [-0.05, 0) is 48.6 Å². The number of imidazole rings is 1. The number of aliphatic hydroxyl groups is 1. The average molecular weight is 323 g/mol. The molecule has 0 spiro atoms. The number of benzene rings is 2. The van der Waals surface area contributed by atoms with Crippen molar-refractivity contribution in [2.24, 2.45) is 0 Å². The lowest BCUT2D eigenvalue weighted by atomic mass is 9.95. The molecule has 5 heteroatoms. The van der Waals surface area contributed by atoms with Gasteiger partial charge >= 0.3 is 5.69 Å². The zero-order valence-corrected chi connectivity index (χ0v) is 13.6. The van der Waals surface area contributed by atoms with E-state index in [-0.39, 0.29) is 11.7 Å². The van der Waals surface area contributed by atoms with E-state index in [2.05, 4.69) is 28.3 Å². The van der Waals surface area contributed by atoms with Crippen LogP contribution in [0.4, 0.5) is 0 Å². The highest BCUT2D eigenvalue weighted by Crippen LogP contribution is 2.36. The van der Waals surface area contributed by atoms with Crippen molar-refractivity contribution in [1.82, 2.24) is 15.3 Å². The van der Waals surface area contributed by atoms with Crippen LogP contribution in [0.1, 0.15) is 36.1 Å². The summed E-state index contributed by atoms with van der Waals surface area (Å²) in [5, 5.41) is 14.4. The van der Waals surface area contributed by atoms with Gasteiger partial charge in [0, 0.05) is 12.6 Å². The van der Waals surface area contributed by atoms with Gasteiger partial charge in [0.25, 0.3) is 0 Å². The highest BCUT2D eigenvalue weighted by atomic mass is 16.3. The van der Waals surface area contributed by atoms with Crippen molar-refractivity contribution in [1.29, 1.82) is 0 Å². The predicted octanol–water partition coefficient (Wildman–Crippen LogP) is 2.34. The van der Waals surface area contributed by atoms with Gasteiger partial charge in [-0.2, -0.15) is 0 Å². The first kappa shape index (κ1) is 15.2. The molecule has 0 saturated heterocycles. The second-order valence-electron chi connectivity index (χ2n) is 6.68. The number of hydrogen-bond acceptors (Lipinski definition) is 3. The molecule has 4 N–H and O–H groups in total. The van der Waals surface area contributed by atoms with Crippen LogP contribution in [0.3, 0.4) is 0 Å². The standard InChI is InChI=1S/C19H21N3O2/c1-12(14-6-7-16-17(10-14)22-18(23)21-16)20-11-19(24)9-8-13-4-2-3-5-15(13)19/h2-7,10,12,20,24H,8-9,11H2,1H3,(H2,21,22,23). The van der Waals surface area contributed by atoms with E-state index in [1.54, 1.807) is 0 Å². The van der Waals surface area contributed by atoms with Gasteiger partial charge in [0.05, 0.1) is 11.0 Å². The normalized spacial score (nSPS) is 21.1. The minimum atomic E-state index is -0.808. The lowest BCUT2D eigenvalue weighted by molar-refractivity contribution is 0.0363. The van der Waals surface area contributed by atoms with Crippen LogP contribution in [0.5, 0.6) is 0 Å². The minimum Gasteiger partial charge on any atom is -0.384 e. The van der Waals surface area contributed by atoms with Gasteiger partial charge in [0.15, 0.2) is 0 Å². The Morgan fingerprint density at radius 3 is 2.88 bits per heavy atom. The summed E-state index contributed by atoms with van der Waals surface area (Å²) >= 11 is 0. The molecule has 0 fully saturated rings. The smallest absolute Gasteiger partial charge is 0.323 e. The summed E-state index contributed by atoms with van der Waals surface area (Å²) in [6.07, 6.45) is 1.66. The Morgan fingerprint density at radius 1 is 1.21 bits per heavy atom. The van der Waals surface area contributed by atoms with Gasteiger partial charge in [-0.1, -0.05) is 30.3 Å². The number of hydrogen-bond donors (Lipinski definition) is 4. The summed E-state index contributed by atoms with van der Waals surface area (Å²) in [6.45, 7) is 2.57. The zero-order chi connectivity index (χ0) is 16.7. The molecule has 2 unspecified atom stereocenters. The van der Waals surface area contributed by atoms with Crippen molar-refractivity contribution in [3.8, 4) is 0 Å². The van der Waals surface area contributed by atoms with Crippen LogP contribution >= 0.6 is 0 Å². The van der Waals surface area contributed by atoms with Crippen LogP contribution in [0, 0.1) is 0 Å². The fourth-order valence-electron chi connectivity index (χ4n) is 3.61. The molecule has 5 nitrogen and oxygen atoms in total. The van der Waals surface area contributed by atoms with E-state index in [1.165, 1.54) is 5.56 Å². The molecular weight excluding hydrogens is 302 g/mol. The average Bonchev–Trinajstić information content (AvgIpc) is 3.12. The third kappa shape index (κ3) is 2.56. The summed E-state index contributed by atoms with van der Waals surface area (Å²) in [5.41, 5.74) is 3.95. The van der Waals surface area contributed by atoms with Gasteiger partial charge in [0.2, 0.25) is 0 Å². The van der Waals surface area contributed by atoms with Crippen LogP contribution in [0.25, 0.3) is 11.0 Å². The van der Waals surface area contributed by atoms with Crippen molar-refractivity contribution < 1.29 is 5.11 Å². The number of H-pyrrole nitrogens is 2. The van der Waals surface area contributed by atoms with E-state index in [9.17, 15) is 9.90 Å². The molecule has 1 heterocycles. The van der Waals surface area contributed by atoms with Crippen LogP contribution < -0.4 is 11.0 Å². The predicted molar refractivity (Wildman–Crippen MR) is 94.0 cm³/mol. The van der Waals surface area contributed by atoms with Crippen LogP contribution in [-0.4, -0.2) is 21.6 Å². The second-order valence-corrected chi connectivity index (χ2v) is 6.68. The maximum atomic E-state index is 11.4. The van der Waals surface area contributed by atoms with Crippen LogP contribution in [0.2, 0.25) is 0 Å². The Hall–Kier alpha value is -2.37. The van der Waals surface area contributed by atoms with Crippen molar-refractivity contribution in [2.45, 2.75) is 31.4 Å². The summed E-state index contributed by atoms with van der Waals surface area (Å²) in [7, 11) is 0. The number of nitrogens with one attached hydrogen (secondary N) is 3. The molecule has 1 aromatic heterocycles. The molecule has 0 bridgehead atoms. The highest BCUT2D eigenvalue weighted by molar-refractivity contribution is 5.75. The first-order valence-corrected chi connectivity index (χ1v) is 8.31. The fraction of sp³-hybridized carbons (Fsp3) is 0.316. The molecule has 1 aliphatic rings. The molecule has 1 aliphatic carbocycles. The monoisotopic (exact) mass is 323 g/mol. The van der Waals surface area contributed by atoms with Gasteiger partial charge < -0.3 is 20.4 Å². The van der Waals surface area contributed by atoms with E-state index in [0.717, 1.165) is 35.0 Å². The molecule has 124 valence electrons. The van der Waals surface area contributed by atoms with E-state index < -0.39 is 5.60 Å². The van der Waals surface area contributed by atoms with E-state index in [1.807, 2.05) is 36.4 Å². The third-order valence-electron chi connectivity index (χ3n) is 5.07. The molecule has 0 radical (unpaired) electrons. The third-order valence-corrected chi connectivity index (χ3v) is 5.07. The Bertz CT molecular complexity index is 943. The Balaban J connectivity index is 1.51. The maximum Gasteiger partial charge on any atom is 0.323 e. The Kier molecular flexibility index (Phi) is 3.55. The van der Waals surface area contributed by atoms with Crippen molar-refractivity contribution in [3.05, 3.63) is 69.6 Å². The zero-order valence-electron chi connectivity index (χ0n) is 13.6. The van der Waals surface area contributed by atoms with Crippen molar-refractivity contribution in [3.63, 3.8) is 0 Å². The van der Waals surface area contributed by atoms with Crippen LogP contribution in [-0.2, 0) is 12.0 Å². The first-order valence-electron chi connectivity index (χ1n) is 8.31. The molecule has 0 saturated carbocycles. The summed E-state index contributed by atoms with van der Waals surface area (Å²) < 4.78 is 0. The molecule has 3 aromatic rings. The van der Waals surface area contributed by atoms with Crippen LogP contribution in [0.15, 0.2) is 47.3 Å². The SMILES string of the molecule is CC(NCC1(O)CCc2ccccc21)c1ccc2[nH]c(=O)[nH]c2c1. The fourth-order valence-corrected chi connectivity index (χ4v) is 3.61. The molecule has 4 rings (SSSR count). The number of aromatic nitrogens is 2. The summed E-state index contributed by atoms with van der Waals surface area (Å²) in [5.74, 6) is 0. The number of fused-ring (bicyclic) bond motifs is 2. The number of aryl methyl sites for hydroxylation is 1. The van der Waals surface area contributed by atoms with Gasteiger partial charge in [0.1, 0.15) is 5.60 Å². The molecule has 0 amide bonds. The lowest BCUT2D eigenvalue weighted by Gasteiger charge is -2.27. The van der Waals surface area contributed by atoms with Gasteiger partial charge in [-0.25, -0.2) is 4.79 Å². The summed E-state index contributed by atoms with van der Waals surface area (Å²) in [6, 6.07) is 14.1. The number of rotatable bonds is 4. The quantitative estimate of drug-likeness (QED) is 0.595. The highest BCUT2D eigenvalue weighted by Gasteiger charge is 2.36. The Morgan fingerprint density at radius 2 is 2.00 bits per heavy atom. The van der Waals surface area contributed by atoms with Gasteiger partial charge in [-0.3, -0.25) is 0 Å². The minimum absolute atomic E-state index is 0.0737. The molecule has 0 aliphatic heterocycles. The van der Waals surface area contributed by atoms with Crippen molar-refractivity contribution >= 4 is 11.0 Å². The van der Waals surface area contributed by atoms with Crippen molar-refractivity contribution in [2.75, 3.05) is 6.54 Å². The molecule has 2 atom stereocenters. The number of aromatic amines is 2. The topological polar surface area (TPSA) is 80.9 Å². The second kappa shape index (κ2) is 5.61.